The summed E-state index contributed by atoms with van der Waals surface area (Å²) in [5, 5.41) is 1.02. The molecule has 0 fully saturated rings. The number of hydrogen-bond acceptors (Lipinski definition) is 3. The maximum atomic E-state index is 13.1. The number of para-hydroxylation sites is 1. The summed E-state index contributed by atoms with van der Waals surface area (Å²) in [7, 11) is 0. The Labute approximate surface area is 229 Å². The van der Waals surface area contributed by atoms with E-state index >= 15 is 0 Å². The molecule has 7 rings (SSSR count). The van der Waals surface area contributed by atoms with E-state index in [9.17, 15) is 4.79 Å². The zero-order valence-electron chi connectivity index (χ0n) is 19.7. The van der Waals surface area contributed by atoms with Crippen LogP contribution in [0, 0.1) is 12.1 Å². The van der Waals surface area contributed by atoms with Crippen LogP contribution in [-0.4, -0.2) is 15.8 Å². The average Bonchev–Trinajstić information content (AvgIpc) is 3.27. The van der Waals surface area contributed by atoms with Crippen LogP contribution in [0.15, 0.2) is 121 Å². The molecule has 6 aromatic rings. The van der Waals surface area contributed by atoms with Crippen molar-refractivity contribution < 1.29 is 24.9 Å². The summed E-state index contributed by atoms with van der Waals surface area (Å²) < 4.78 is 0. The Morgan fingerprint density at radius 2 is 1.24 bits per heavy atom. The Kier molecular flexibility index (Phi) is 7.13. The Morgan fingerprint density at radius 3 is 1.95 bits per heavy atom. The van der Waals surface area contributed by atoms with Crippen LogP contribution in [0.25, 0.3) is 44.5 Å². The maximum Gasteiger partial charge on any atom is 0.187 e. The van der Waals surface area contributed by atoms with E-state index in [0.29, 0.717) is 11.3 Å². The van der Waals surface area contributed by atoms with Crippen molar-refractivity contribution in [3.8, 4) is 33.6 Å². The minimum atomic E-state index is 0. The fraction of sp³-hybridized carbons (Fsp3) is 0. The van der Waals surface area contributed by atoms with E-state index in [1.54, 1.807) is 6.20 Å². The van der Waals surface area contributed by atoms with Crippen molar-refractivity contribution in [1.82, 2.24) is 9.97 Å². The van der Waals surface area contributed by atoms with E-state index < -0.39 is 0 Å². The predicted octanol–water partition coefficient (Wildman–Crippen LogP) is 7.46. The predicted molar refractivity (Wildman–Crippen MR) is 143 cm³/mol. The molecule has 0 saturated heterocycles. The Bertz CT molecular complexity index is 1650. The maximum absolute atomic E-state index is 13.1. The molecule has 1 aliphatic rings. The van der Waals surface area contributed by atoms with E-state index in [1.165, 1.54) is 0 Å². The van der Waals surface area contributed by atoms with Gasteiger partial charge in [0.2, 0.25) is 0 Å². The fourth-order valence-corrected chi connectivity index (χ4v) is 4.56. The summed E-state index contributed by atoms with van der Waals surface area (Å²) in [4.78, 5) is 22.1. The number of fused-ring (bicyclic) bond motifs is 5. The quantitative estimate of drug-likeness (QED) is 0.182. The molecule has 179 valence electrons. The van der Waals surface area contributed by atoms with Crippen LogP contribution in [0.5, 0.6) is 0 Å². The molecule has 3 nitrogen and oxygen atoms in total. The molecular formula is C33H20IrN2O-2. The van der Waals surface area contributed by atoms with Gasteiger partial charge in [0, 0.05) is 48.5 Å². The van der Waals surface area contributed by atoms with Crippen LogP contribution >= 0.6 is 0 Å². The van der Waals surface area contributed by atoms with Crippen LogP contribution in [0.4, 0.5) is 0 Å². The van der Waals surface area contributed by atoms with Crippen molar-refractivity contribution in [2.75, 3.05) is 0 Å². The summed E-state index contributed by atoms with van der Waals surface area (Å²) in [6.07, 6.45) is 1.79. The molecule has 0 unspecified atom stereocenters. The number of carbonyl (C=O) groups excluding carboxylic acids is 1. The normalized spacial score (nSPS) is 11.1. The number of hydrogen-bond donors (Lipinski definition) is 0. The van der Waals surface area contributed by atoms with E-state index in [2.05, 4.69) is 17.1 Å². The Hall–Kier alpha value is -4.24. The zero-order valence-corrected chi connectivity index (χ0v) is 22.1. The molecule has 2 heterocycles. The third-order valence-electron chi connectivity index (χ3n) is 6.17. The van der Waals surface area contributed by atoms with Crippen LogP contribution in [0.3, 0.4) is 0 Å². The van der Waals surface area contributed by atoms with Crippen molar-refractivity contribution in [3.05, 3.63) is 145 Å². The second-order valence-corrected chi connectivity index (χ2v) is 8.37. The molecule has 4 aromatic carbocycles. The molecule has 4 heteroatoms. The minimum Gasteiger partial charge on any atom is -0.305 e. The van der Waals surface area contributed by atoms with Crippen molar-refractivity contribution in [1.29, 1.82) is 0 Å². The van der Waals surface area contributed by atoms with Crippen LogP contribution in [-0.2, 0) is 20.1 Å². The monoisotopic (exact) mass is 653 g/mol. The summed E-state index contributed by atoms with van der Waals surface area (Å²) in [6.45, 7) is 0. The fourth-order valence-electron chi connectivity index (χ4n) is 4.56. The molecule has 0 aliphatic heterocycles. The van der Waals surface area contributed by atoms with Gasteiger partial charge in [0.05, 0.1) is 5.52 Å². The van der Waals surface area contributed by atoms with E-state index in [1.807, 2.05) is 115 Å². The molecular weight excluding hydrogens is 633 g/mol. The van der Waals surface area contributed by atoms with Gasteiger partial charge in [-0.3, -0.25) is 9.78 Å². The molecule has 0 spiro atoms. The summed E-state index contributed by atoms with van der Waals surface area (Å²) >= 11 is 0. The summed E-state index contributed by atoms with van der Waals surface area (Å²) in [5.74, 6) is 0.0473. The molecule has 0 N–H and O–H groups in total. The molecule has 0 amide bonds. The summed E-state index contributed by atoms with van der Waals surface area (Å²) in [5.41, 5.74) is 7.90. The first kappa shape index (κ1) is 24.5. The van der Waals surface area contributed by atoms with Gasteiger partial charge in [-0.25, -0.2) is 0 Å². The zero-order chi connectivity index (χ0) is 24.3. The first-order valence-corrected chi connectivity index (χ1v) is 11.7. The van der Waals surface area contributed by atoms with Gasteiger partial charge in [-0.05, 0) is 29.0 Å². The van der Waals surface area contributed by atoms with Crippen LogP contribution < -0.4 is 0 Å². The van der Waals surface area contributed by atoms with Gasteiger partial charge in [-0.1, -0.05) is 54.6 Å². The van der Waals surface area contributed by atoms with Gasteiger partial charge in [-0.2, -0.15) is 0 Å². The van der Waals surface area contributed by atoms with Gasteiger partial charge in [0.15, 0.2) is 5.78 Å². The number of rotatable bonds is 2. The van der Waals surface area contributed by atoms with Crippen molar-refractivity contribution in [2.24, 2.45) is 0 Å². The van der Waals surface area contributed by atoms with E-state index in [-0.39, 0.29) is 25.9 Å². The molecule has 1 aliphatic carbocycles. The van der Waals surface area contributed by atoms with Crippen molar-refractivity contribution >= 4 is 16.7 Å². The number of carbonyl (C=O) groups is 1. The molecule has 2 aromatic heterocycles. The van der Waals surface area contributed by atoms with Gasteiger partial charge >= 0.3 is 0 Å². The second kappa shape index (κ2) is 10.8. The van der Waals surface area contributed by atoms with Gasteiger partial charge < -0.3 is 4.98 Å². The largest absolute Gasteiger partial charge is 0.305 e. The number of pyridine rings is 2. The number of ketones is 1. The van der Waals surface area contributed by atoms with Crippen LogP contribution in [0.1, 0.15) is 15.9 Å². The van der Waals surface area contributed by atoms with Gasteiger partial charge in [0.25, 0.3) is 0 Å². The second-order valence-electron chi connectivity index (χ2n) is 8.37. The third-order valence-corrected chi connectivity index (χ3v) is 6.17. The van der Waals surface area contributed by atoms with E-state index in [4.69, 9.17) is 4.98 Å². The Balaban J connectivity index is 0.000000183. The van der Waals surface area contributed by atoms with E-state index in [0.717, 1.165) is 44.4 Å². The standard InChI is InChI=1S/C22H12NO.C11H8N.Ir/c24-22-16-11-5-4-10-15(16)19-17-12-6-7-13-18(17)23-21(20(19)22)14-8-2-1-3-9-14;1-2-6-10(7-3-1)11-8-4-5-9-12-11;/h1-8,10-13H;1-6,8-9H;/q2*-1;. The number of benzene rings is 4. The molecule has 0 bridgehead atoms. The molecule has 0 atom stereocenters. The average molecular weight is 653 g/mol. The topological polar surface area (TPSA) is 42.9 Å². The third kappa shape index (κ3) is 4.65. The first-order valence-electron chi connectivity index (χ1n) is 11.7. The molecule has 37 heavy (non-hydrogen) atoms. The van der Waals surface area contributed by atoms with Gasteiger partial charge in [0.1, 0.15) is 0 Å². The van der Waals surface area contributed by atoms with Crippen molar-refractivity contribution in [2.45, 2.75) is 0 Å². The minimum absolute atomic E-state index is 0. The molecule has 0 saturated carbocycles. The number of aromatic nitrogens is 2. The van der Waals surface area contributed by atoms with Crippen LogP contribution in [0.2, 0.25) is 0 Å². The SMILES string of the molecule is O=C1c2ccccc2-c2c1c(-c1[c-]cccc1)nc1ccccc21.[Ir].[c-]1ccccc1-c1ccccn1. The first-order chi connectivity index (χ1) is 17.8. The Morgan fingerprint density at radius 1 is 0.595 bits per heavy atom. The molecule has 1 radical (unpaired) electrons. The van der Waals surface area contributed by atoms with Crippen molar-refractivity contribution in [3.63, 3.8) is 0 Å². The van der Waals surface area contributed by atoms with Gasteiger partial charge in [-0.15, -0.1) is 71.8 Å². The smallest absolute Gasteiger partial charge is 0.187 e. The number of nitrogens with zero attached hydrogens (tertiary/aromatic N) is 2. The summed E-state index contributed by atoms with van der Waals surface area (Å²) in [6, 6.07) is 43.5.